The Balaban J connectivity index is 1.21. The predicted molar refractivity (Wildman–Crippen MR) is 183 cm³/mol. The normalized spacial score (nSPS) is 14.1. The van der Waals surface area contributed by atoms with E-state index in [0.29, 0.717) is 23.2 Å². The van der Waals surface area contributed by atoms with E-state index in [1.165, 1.54) is 11.8 Å². The first-order chi connectivity index (χ1) is 22.9. The van der Waals surface area contributed by atoms with Crippen LogP contribution in [-0.2, 0) is 16.1 Å². The van der Waals surface area contributed by atoms with E-state index < -0.39 is 0 Å². The van der Waals surface area contributed by atoms with Crippen LogP contribution in [0.25, 0.3) is 5.69 Å². The number of thioether (sulfide) groups is 1. The number of carbonyl (C=O) groups excluding carboxylic acids is 2. The Morgan fingerprint density at radius 1 is 0.957 bits per heavy atom. The van der Waals surface area contributed by atoms with Gasteiger partial charge in [-0.15, -0.1) is 21.5 Å². The van der Waals surface area contributed by atoms with Crippen molar-refractivity contribution in [2.45, 2.75) is 38.0 Å². The van der Waals surface area contributed by atoms with E-state index >= 15 is 0 Å². The molecule has 47 heavy (non-hydrogen) atoms. The van der Waals surface area contributed by atoms with Crippen LogP contribution in [0, 0.1) is 13.8 Å². The van der Waals surface area contributed by atoms with Gasteiger partial charge < -0.3 is 14.8 Å². The lowest BCUT2D eigenvalue weighted by atomic mass is 10.0. The third kappa shape index (κ3) is 7.39. The minimum atomic E-state index is -0.285. The summed E-state index contributed by atoms with van der Waals surface area (Å²) in [6.07, 6.45) is 0.611. The van der Waals surface area contributed by atoms with Gasteiger partial charge in [0.1, 0.15) is 11.5 Å². The SMILES string of the molecule is COc1ccc([C@H]2CC(c3cccs3)=NN2C(=O)CSc2nnc(CNC(=O)COc3ccccc3)n2-c2cccc(C)c2C)cc1. The summed E-state index contributed by atoms with van der Waals surface area (Å²) >= 11 is 2.90. The molecule has 2 amide bonds. The smallest absolute Gasteiger partial charge is 0.258 e. The Morgan fingerprint density at radius 2 is 1.77 bits per heavy atom. The molecule has 1 N–H and O–H groups in total. The highest BCUT2D eigenvalue weighted by Gasteiger charge is 2.34. The number of thiophene rings is 1. The molecule has 1 atom stereocenters. The Labute approximate surface area is 281 Å². The van der Waals surface area contributed by atoms with Crippen LogP contribution in [0.5, 0.6) is 11.5 Å². The largest absolute Gasteiger partial charge is 0.497 e. The van der Waals surface area contributed by atoms with Crippen LogP contribution in [-0.4, -0.2) is 56.8 Å². The van der Waals surface area contributed by atoms with E-state index in [4.69, 9.17) is 14.6 Å². The molecule has 0 saturated carbocycles. The number of benzene rings is 3. The maximum Gasteiger partial charge on any atom is 0.258 e. The first kappa shape index (κ1) is 32.0. The number of hydrogen-bond acceptors (Lipinski definition) is 9. The zero-order chi connectivity index (χ0) is 32.8. The minimum absolute atomic E-state index is 0.0914. The van der Waals surface area contributed by atoms with Crippen molar-refractivity contribution in [3.63, 3.8) is 0 Å². The molecule has 10 nitrogen and oxygen atoms in total. The van der Waals surface area contributed by atoms with Crippen LogP contribution >= 0.6 is 23.1 Å². The first-order valence-corrected chi connectivity index (χ1v) is 16.9. The third-order valence-electron chi connectivity index (χ3n) is 7.87. The van der Waals surface area contributed by atoms with E-state index in [-0.39, 0.29) is 36.8 Å². The number of ether oxygens (including phenoxy) is 2. The zero-order valence-corrected chi connectivity index (χ0v) is 27.9. The molecule has 240 valence electrons. The number of hydrazone groups is 1. The minimum Gasteiger partial charge on any atom is -0.497 e. The lowest BCUT2D eigenvalue weighted by molar-refractivity contribution is -0.130. The van der Waals surface area contributed by atoms with Crippen LogP contribution in [0.4, 0.5) is 0 Å². The summed E-state index contributed by atoms with van der Waals surface area (Å²) in [5.74, 6) is 1.56. The molecule has 0 aliphatic carbocycles. The number of rotatable bonds is 12. The molecular formula is C35H34N6O4S2. The highest BCUT2D eigenvalue weighted by atomic mass is 32.2. The maximum absolute atomic E-state index is 13.9. The Bertz CT molecular complexity index is 1870. The van der Waals surface area contributed by atoms with E-state index in [0.717, 1.165) is 38.7 Å². The van der Waals surface area contributed by atoms with Gasteiger partial charge in [-0.05, 0) is 72.3 Å². The standard InChI is InChI=1S/C35H34N6O4S2/c1-23-9-7-12-29(24(23)2)40-32(20-36-33(42)21-45-27-10-5-4-6-11-27)37-38-35(40)47-22-34(43)41-30(25-14-16-26(44-3)17-15-25)19-28(39-41)31-13-8-18-46-31/h4-18,30H,19-22H2,1-3H3,(H,36,42)/t30-/m1/s1. The molecule has 0 spiro atoms. The lowest BCUT2D eigenvalue weighted by Gasteiger charge is -2.22. The van der Waals surface area contributed by atoms with Crippen molar-refractivity contribution in [3.05, 3.63) is 118 Å². The van der Waals surface area contributed by atoms with E-state index in [2.05, 4.69) is 15.5 Å². The molecule has 0 fully saturated rings. The molecule has 5 aromatic rings. The number of methoxy groups -OCH3 is 1. The maximum atomic E-state index is 13.9. The van der Waals surface area contributed by atoms with Gasteiger partial charge in [-0.25, -0.2) is 5.01 Å². The van der Waals surface area contributed by atoms with E-state index in [9.17, 15) is 9.59 Å². The number of para-hydroxylation sites is 1. The van der Waals surface area contributed by atoms with Crippen molar-refractivity contribution in [1.29, 1.82) is 0 Å². The van der Waals surface area contributed by atoms with Crippen LogP contribution in [0.1, 0.15) is 39.9 Å². The Morgan fingerprint density at radius 3 is 2.51 bits per heavy atom. The first-order valence-electron chi connectivity index (χ1n) is 15.1. The molecule has 1 aliphatic heterocycles. The van der Waals surface area contributed by atoms with E-state index in [1.807, 2.05) is 96.6 Å². The third-order valence-corrected chi connectivity index (χ3v) is 9.70. The van der Waals surface area contributed by atoms with Gasteiger partial charge in [-0.2, -0.15) is 5.10 Å². The summed E-state index contributed by atoms with van der Waals surface area (Å²) < 4.78 is 12.8. The molecule has 1 aliphatic rings. The number of amides is 2. The molecule has 3 heterocycles. The predicted octanol–water partition coefficient (Wildman–Crippen LogP) is 6.12. The van der Waals surface area contributed by atoms with Crippen LogP contribution in [0.15, 0.2) is 101 Å². The molecule has 0 saturated heterocycles. The molecule has 6 rings (SSSR count). The van der Waals surface area contributed by atoms with Crippen LogP contribution < -0.4 is 14.8 Å². The number of aromatic nitrogens is 3. The number of aryl methyl sites for hydroxylation is 1. The van der Waals surface area contributed by atoms with Gasteiger partial charge >= 0.3 is 0 Å². The fourth-order valence-corrected chi connectivity index (χ4v) is 6.77. The summed E-state index contributed by atoms with van der Waals surface area (Å²) in [4.78, 5) is 27.6. The molecule has 0 radical (unpaired) electrons. The summed E-state index contributed by atoms with van der Waals surface area (Å²) in [7, 11) is 1.63. The van der Waals surface area contributed by atoms with Crippen molar-refractivity contribution in [1.82, 2.24) is 25.1 Å². The molecule has 2 aromatic heterocycles. The number of nitrogens with zero attached hydrogens (tertiary/aromatic N) is 5. The topological polar surface area (TPSA) is 111 Å². The number of hydrogen-bond donors (Lipinski definition) is 1. The summed E-state index contributed by atoms with van der Waals surface area (Å²) in [6.45, 7) is 4.07. The molecular weight excluding hydrogens is 633 g/mol. The molecule has 0 bridgehead atoms. The second kappa shape index (κ2) is 14.7. The van der Waals surface area contributed by atoms with Crippen molar-refractivity contribution >= 4 is 40.6 Å². The Kier molecular flexibility index (Phi) is 9.98. The van der Waals surface area contributed by atoms with Crippen LogP contribution in [0.2, 0.25) is 0 Å². The van der Waals surface area contributed by atoms with Crippen molar-refractivity contribution in [2.75, 3.05) is 19.5 Å². The van der Waals surface area contributed by atoms with Crippen molar-refractivity contribution in [2.24, 2.45) is 5.10 Å². The van der Waals surface area contributed by atoms with Gasteiger partial charge in [0.25, 0.3) is 11.8 Å². The fraction of sp³-hybridized carbons (Fsp3) is 0.229. The average Bonchev–Trinajstić information content (AvgIpc) is 3.88. The monoisotopic (exact) mass is 666 g/mol. The van der Waals surface area contributed by atoms with Gasteiger partial charge in [-0.3, -0.25) is 14.2 Å². The quantitative estimate of drug-likeness (QED) is 0.160. The highest BCUT2D eigenvalue weighted by Crippen LogP contribution is 2.35. The van der Waals surface area contributed by atoms with Gasteiger partial charge in [-0.1, -0.05) is 60.3 Å². The second-order valence-electron chi connectivity index (χ2n) is 10.9. The molecule has 0 unspecified atom stereocenters. The summed E-state index contributed by atoms with van der Waals surface area (Å²) in [5, 5.41) is 20.7. The number of carbonyl (C=O) groups is 2. The fourth-order valence-electron chi connectivity index (χ4n) is 5.23. The highest BCUT2D eigenvalue weighted by molar-refractivity contribution is 7.99. The number of nitrogens with one attached hydrogen (secondary N) is 1. The van der Waals surface area contributed by atoms with Gasteiger partial charge in [0.05, 0.1) is 41.7 Å². The molecule has 3 aromatic carbocycles. The van der Waals surface area contributed by atoms with Crippen molar-refractivity contribution in [3.8, 4) is 17.2 Å². The summed E-state index contributed by atoms with van der Waals surface area (Å²) in [6, 6.07) is 26.7. The van der Waals surface area contributed by atoms with E-state index in [1.54, 1.807) is 35.6 Å². The van der Waals surface area contributed by atoms with Gasteiger partial charge in [0.2, 0.25) is 0 Å². The average molecular weight is 667 g/mol. The lowest BCUT2D eigenvalue weighted by Crippen LogP contribution is -2.29. The zero-order valence-electron chi connectivity index (χ0n) is 26.3. The Hall–Kier alpha value is -4.94. The van der Waals surface area contributed by atoms with Gasteiger partial charge in [0.15, 0.2) is 17.6 Å². The van der Waals surface area contributed by atoms with Crippen molar-refractivity contribution < 1.29 is 19.1 Å². The van der Waals surface area contributed by atoms with Crippen LogP contribution in [0.3, 0.4) is 0 Å². The second-order valence-corrected chi connectivity index (χ2v) is 12.8. The summed E-state index contributed by atoms with van der Waals surface area (Å²) in [5.41, 5.74) is 4.89. The molecule has 12 heteroatoms. The van der Waals surface area contributed by atoms with Gasteiger partial charge in [0, 0.05) is 6.42 Å².